The van der Waals surface area contributed by atoms with Gasteiger partial charge in [0, 0.05) is 9.26 Å². The maximum absolute atomic E-state index is 12.2. The molecule has 20 heavy (non-hydrogen) atoms. The van der Waals surface area contributed by atoms with Crippen LogP contribution in [0.4, 0.5) is 5.69 Å². The number of halogens is 1. The Hall–Kier alpha value is -1.36. The van der Waals surface area contributed by atoms with Crippen molar-refractivity contribution in [2.45, 2.75) is 27.2 Å². The van der Waals surface area contributed by atoms with Crippen molar-refractivity contribution < 1.29 is 4.79 Å². The zero-order valence-corrected chi connectivity index (χ0v) is 14.1. The Morgan fingerprint density at radius 3 is 2.50 bits per heavy atom. The number of benzene rings is 2. The van der Waals surface area contributed by atoms with E-state index in [1.54, 1.807) is 0 Å². The van der Waals surface area contributed by atoms with E-state index in [1.165, 1.54) is 9.13 Å². The molecule has 0 spiro atoms. The molecule has 2 aromatic rings. The molecule has 0 aliphatic carbocycles. The molecule has 0 saturated carbocycles. The number of amides is 1. The third-order valence-corrected chi connectivity index (χ3v) is 3.99. The molecule has 0 aliphatic heterocycles. The molecule has 104 valence electrons. The fourth-order valence-corrected chi connectivity index (χ4v) is 2.77. The first-order valence-corrected chi connectivity index (χ1v) is 7.66. The molecule has 0 unspecified atom stereocenters. The monoisotopic (exact) mass is 379 g/mol. The minimum absolute atomic E-state index is 0.0306. The summed E-state index contributed by atoms with van der Waals surface area (Å²) in [5, 5.41) is 2.99. The van der Waals surface area contributed by atoms with Gasteiger partial charge < -0.3 is 5.32 Å². The van der Waals surface area contributed by atoms with E-state index in [2.05, 4.69) is 52.2 Å². The summed E-state index contributed by atoms with van der Waals surface area (Å²) in [7, 11) is 0. The highest BCUT2D eigenvalue weighted by Gasteiger charge is 2.08. The SMILES string of the molecule is Cc1ccc(C)c(CC(=O)Nc2ccc(I)cc2C)c1. The number of hydrogen-bond acceptors (Lipinski definition) is 1. The summed E-state index contributed by atoms with van der Waals surface area (Å²) in [6, 6.07) is 12.2. The van der Waals surface area contributed by atoms with Gasteiger partial charge in [0.2, 0.25) is 5.91 Å². The molecule has 1 amide bonds. The molecule has 2 nitrogen and oxygen atoms in total. The van der Waals surface area contributed by atoms with Crippen molar-refractivity contribution in [1.82, 2.24) is 0 Å². The first-order chi connectivity index (χ1) is 9.45. The van der Waals surface area contributed by atoms with Crippen LogP contribution >= 0.6 is 22.6 Å². The van der Waals surface area contributed by atoms with Crippen LogP contribution in [0.2, 0.25) is 0 Å². The van der Waals surface area contributed by atoms with Gasteiger partial charge in [-0.1, -0.05) is 23.8 Å². The Labute approximate surface area is 133 Å². The molecule has 0 atom stereocenters. The quantitative estimate of drug-likeness (QED) is 0.788. The van der Waals surface area contributed by atoms with Crippen LogP contribution in [0, 0.1) is 24.3 Å². The lowest BCUT2D eigenvalue weighted by Gasteiger charge is -2.10. The van der Waals surface area contributed by atoms with Gasteiger partial charge in [-0.25, -0.2) is 0 Å². The van der Waals surface area contributed by atoms with Gasteiger partial charge in [0.25, 0.3) is 0 Å². The van der Waals surface area contributed by atoms with Gasteiger partial charge in [-0.05, 0) is 78.3 Å². The van der Waals surface area contributed by atoms with Crippen molar-refractivity contribution in [3.05, 3.63) is 62.2 Å². The molecule has 0 saturated heterocycles. The third kappa shape index (κ3) is 3.82. The van der Waals surface area contributed by atoms with Crippen molar-refractivity contribution in [1.29, 1.82) is 0 Å². The lowest BCUT2D eigenvalue weighted by molar-refractivity contribution is -0.115. The zero-order valence-electron chi connectivity index (χ0n) is 12.0. The summed E-state index contributed by atoms with van der Waals surface area (Å²) >= 11 is 2.27. The lowest BCUT2D eigenvalue weighted by Crippen LogP contribution is -2.15. The number of anilines is 1. The smallest absolute Gasteiger partial charge is 0.228 e. The standard InChI is InChI=1S/C17H18INO/c1-11-4-5-12(2)14(8-11)10-17(20)19-16-7-6-15(18)9-13(16)3/h4-9H,10H2,1-3H3,(H,19,20). The highest BCUT2D eigenvalue weighted by molar-refractivity contribution is 14.1. The summed E-state index contributed by atoms with van der Waals surface area (Å²) in [5.74, 6) is 0.0306. The van der Waals surface area contributed by atoms with E-state index in [1.807, 2.05) is 32.9 Å². The number of aryl methyl sites for hydroxylation is 3. The van der Waals surface area contributed by atoms with Crippen LogP contribution in [-0.4, -0.2) is 5.91 Å². The maximum Gasteiger partial charge on any atom is 0.228 e. The fourth-order valence-electron chi connectivity index (χ4n) is 2.13. The second-order valence-electron chi connectivity index (χ2n) is 5.11. The van der Waals surface area contributed by atoms with Crippen LogP contribution in [0.15, 0.2) is 36.4 Å². The number of carbonyl (C=O) groups excluding carboxylic acids is 1. The Kier molecular flexibility index (Phi) is 4.81. The fraction of sp³-hybridized carbons (Fsp3) is 0.235. The zero-order chi connectivity index (χ0) is 14.7. The van der Waals surface area contributed by atoms with Crippen molar-refractivity contribution in [3.8, 4) is 0 Å². The molecular formula is C17H18INO. The molecule has 2 rings (SSSR count). The van der Waals surface area contributed by atoms with E-state index >= 15 is 0 Å². The molecule has 2 aromatic carbocycles. The van der Waals surface area contributed by atoms with Gasteiger partial charge in [0.1, 0.15) is 0 Å². The predicted molar refractivity (Wildman–Crippen MR) is 92.1 cm³/mol. The van der Waals surface area contributed by atoms with Crippen molar-refractivity contribution in [2.24, 2.45) is 0 Å². The Balaban J connectivity index is 2.11. The highest BCUT2D eigenvalue weighted by atomic mass is 127. The van der Waals surface area contributed by atoms with E-state index in [9.17, 15) is 4.79 Å². The third-order valence-electron chi connectivity index (χ3n) is 3.32. The average Bonchev–Trinajstić information content (AvgIpc) is 2.37. The minimum Gasteiger partial charge on any atom is -0.326 e. The van der Waals surface area contributed by atoms with Crippen LogP contribution < -0.4 is 5.32 Å². The van der Waals surface area contributed by atoms with E-state index in [0.717, 1.165) is 22.4 Å². The van der Waals surface area contributed by atoms with Crippen LogP contribution in [0.5, 0.6) is 0 Å². The Morgan fingerprint density at radius 2 is 1.80 bits per heavy atom. The molecule has 0 radical (unpaired) electrons. The summed E-state index contributed by atoms with van der Waals surface area (Å²) in [4.78, 5) is 12.2. The summed E-state index contributed by atoms with van der Waals surface area (Å²) in [5.41, 5.74) is 5.41. The Bertz CT molecular complexity index is 649. The predicted octanol–water partition coefficient (Wildman–Crippen LogP) is 4.40. The summed E-state index contributed by atoms with van der Waals surface area (Å²) < 4.78 is 1.17. The van der Waals surface area contributed by atoms with Gasteiger partial charge in [-0.3, -0.25) is 4.79 Å². The average molecular weight is 379 g/mol. The summed E-state index contributed by atoms with van der Waals surface area (Å²) in [6.07, 6.45) is 0.416. The van der Waals surface area contributed by atoms with Crippen LogP contribution in [0.3, 0.4) is 0 Å². The van der Waals surface area contributed by atoms with Crippen LogP contribution in [0.25, 0.3) is 0 Å². The molecule has 0 aliphatic rings. The first-order valence-electron chi connectivity index (χ1n) is 6.58. The maximum atomic E-state index is 12.2. The van der Waals surface area contributed by atoms with E-state index < -0.39 is 0 Å². The van der Waals surface area contributed by atoms with E-state index in [-0.39, 0.29) is 5.91 Å². The molecular weight excluding hydrogens is 361 g/mol. The van der Waals surface area contributed by atoms with Gasteiger partial charge in [-0.2, -0.15) is 0 Å². The van der Waals surface area contributed by atoms with Crippen molar-refractivity contribution in [2.75, 3.05) is 5.32 Å². The number of hydrogen-bond donors (Lipinski definition) is 1. The van der Waals surface area contributed by atoms with Gasteiger partial charge in [0.15, 0.2) is 0 Å². The molecule has 0 fully saturated rings. The molecule has 3 heteroatoms. The first kappa shape index (κ1) is 15.0. The largest absolute Gasteiger partial charge is 0.326 e. The number of rotatable bonds is 3. The number of nitrogens with one attached hydrogen (secondary N) is 1. The number of carbonyl (C=O) groups is 1. The minimum atomic E-state index is 0.0306. The van der Waals surface area contributed by atoms with E-state index in [4.69, 9.17) is 0 Å². The second kappa shape index (κ2) is 6.39. The highest BCUT2D eigenvalue weighted by Crippen LogP contribution is 2.18. The summed E-state index contributed by atoms with van der Waals surface area (Å²) in [6.45, 7) is 6.10. The van der Waals surface area contributed by atoms with E-state index in [0.29, 0.717) is 6.42 Å². The molecule has 1 N–H and O–H groups in total. The van der Waals surface area contributed by atoms with Gasteiger partial charge in [-0.15, -0.1) is 0 Å². The van der Waals surface area contributed by atoms with Crippen LogP contribution in [-0.2, 0) is 11.2 Å². The Morgan fingerprint density at radius 1 is 1.05 bits per heavy atom. The topological polar surface area (TPSA) is 29.1 Å². The van der Waals surface area contributed by atoms with Crippen molar-refractivity contribution >= 4 is 34.2 Å². The van der Waals surface area contributed by atoms with Crippen molar-refractivity contribution in [3.63, 3.8) is 0 Å². The second-order valence-corrected chi connectivity index (χ2v) is 6.36. The molecule has 0 heterocycles. The normalized spacial score (nSPS) is 10.4. The van der Waals surface area contributed by atoms with Gasteiger partial charge >= 0.3 is 0 Å². The molecule has 0 aromatic heterocycles. The molecule has 0 bridgehead atoms. The van der Waals surface area contributed by atoms with Gasteiger partial charge in [0.05, 0.1) is 6.42 Å². The lowest BCUT2D eigenvalue weighted by atomic mass is 10.0. The van der Waals surface area contributed by atoms with Crippen LogP contribution in [0.1, 0.15) is 22.3 Å².